The molecule has 1 rings (SSSR count). The van der Waals surface area contributed by atoms with Crippen LogP contribution in [0.3, 0.4) is 0 Å². The van der Waals surface area contributed by atoms with Crippen molar-refractivity contribution in [1.82, 2.24) is 0 Å². The largest absolute Gasteiger partial charge is 0.478 e. The van der Waals surface area contributed by atoms with Crippen molar-refractivity contribution in [2.75, 3.05) is 0 Å². The second-order valence-corrected chi connectivity index (χ2v) is 3.81. The summed E-state index contributed by atoms with van der Waals surface area (Å²) in [6.07, 6.45) is 3.55. The number of benzene rings is 1. The van der Waals surface area contributed by atoms with Crippen molar-refractivity contribution < 1.29 is 9.90 Å². The predicted molar refractivity (Wildman–Crippen MR) is 61.1 cm³/mol. The maximum Gasteiger partial charge on any atom is 0.327 e. The van der Waals surface area contributed by atoms with Crippen LogP contribution in [0.2, 0.25) is 0 Å². The van der Waals surface area contributed by atoms with E-state index in [0.29, 0.717) is 6.42 Å². The molecule has 0 bridgehead atoms. The molecule has 0 unspecified atom stereocenters. The van der Waals surface area contributed by atoms with Gasteiger partial charge in [-0.1, -0.05) is 18.2 Å². The van der Waals surface area contributed by atoms with Crippen LogP contribution in [-0.4, -0.2) is 11.1 Å². The smallest absolute Gasteiger partial charge is 0.327 e. The lowest BCUT2D eigenvalue weighted by Gasteiger charge is -2.07. The Morgan fingerprint density at radius 1 is 1.20 bits per heavy atom. The quantitative estimate of drug-likeness (QED) is 0.769. The third-order valence-corrected chi connectivity index (χ3v) is 2.55. The van der Waals surface area contributed by atoms with Crippen molar-refractivity contribution in [2.24, 2.45) is 0 Å². The summed E-state index contributed by atoms with van der Waals surface area (Å²) in [4.78, 5) is 10.3. The Hall–Kier alpha value is -1.57. The first-order valence-electron chi connectivity index (χ1n) is 4.97. The maximum absolute atomic E-state index is 10.3. The van der Waals surface area contributed by atoms with E-state index < -0.39 is 5.97 Å². The van der Waals surface area contributed by atoms with Crippen molar-refractivity contribution >= 4 is 5.97 Å². The summed E-state index contributed by atoms with van der Waals surface area (Å²) in [5.41, 5.74) is 4.93. The van der Waals surface area contributed by atoms with E-state index in [2.05, 4.69) is 32.9 Å². The molecule has 0 saturated heterocycles. The van der Waals surface area contributed by atoms with Gasteiger partial charge in [-0.25, -0.2) is 4.79 Å². The first kappa shape index (κ1) is 11.5. The van der Waals surface area contributed by atoms with Crippen LogP contribution >= 0.6 is 0 Å². The summed E-state index contributed by atoms with van der Waals surface area (Å²) in [6.45, 7) is 6.20. The molecule has 0 aliphatic rings. The first-order valence-corrected chi connectivity index (χ1v) is 4.97. The standard InChI is InChI=1S/C13H16O2/c1-9-7-11(3)12(8-10(9)2)5-4-6-13(14)15/h4,6-8H,5H2,1-3H3,(H,14,15)/b6-4+. The second kappa shape index (κ2) is 4.78. The molecule has 1 aromatic rings. The van der Waals surface area contributed by atoms with E-state index in [4.69, 9.17) is 5.11 Å². The Morgan fingerprint density at radius 2 is 1.80 bits per heavy atom. The molecule has 0 atom stereocenters. The number of aliphatic carboxylic acids is 1. The molecule has 2 nitrogen and oxygen atoms in total. The lowest BCUT2D eigenvalue weighted by atomic mass is 9.99. The van der Waals surface area contributed by atoms with Crippen LogP contribution in [0.25, 0.3) is 0 Å². The number of aryl methyl sites for hydroxylation is 3. The van der Waals surface area contributed by atoms with Gasteiger partial charge in [-0.3, -0.25) is 0 Å². The summed E-state index contributed by atoms with van der Waals surface area (Å²) >= 11 is 0. The van der Waals surface area contributed by atoms with Crippen LogP contribution in [-0.2, 0) is 11.2 Å². The van der Waals surface area contributed by atoms with Gasteiger partial charge in [0.1, 0.15) is 0 Å². The molecule has 0 spiro atoms. The van der Waals surface area contributed by atoms with Crippen molar-refractivity contribution in [3.05, 3.63) is 46.5 Å². The Morgan fingerprint density at radius 3 is 2.40 bits per heavy atom. The fourth-order valence-electron chi connectivity index (χ4n) is 1.53. The van der Waals surface area contributed by atoms with Gasteiger partial charge in [0.25, 0.3) is 0 Å². The van der Waals surface area contributed by atoms with Crippen molar-refractivity contribution in [2.45, 2.75) is 27.2 Å². The van der Waals surface area contributed by atoms with Crippen LogP contribution in [0.4, 0.5) is 0 Å². The normalized spacial score (nSPS) is 10.9. The number of hydrogen-bond donors (Lipinski definition) is 1. The highest BCUT2D eigenvalue weighted by atomic mass is 16.4. The Bertz CT molecular complexity index is 403. The minimum absolute atomic E-state index is 0.680. The predicted octanol–water partition coefficient (Wildman–Crippen LogP) is 2.80. The first-order chi connectivity index (χ1) is 7.00. The van der Waals surface area contributed by atoms with E-state index in [1.165, 1.54) is 28.3 Å². The van der Waals surface area contributed by atoms with E-state index in [1.54, 1.807) is 6.08 Å². The molecule has 2 heteroatoms. The molecular weight excluding hydrogens is 188 g/mol. The molecule has 0 aromatic heterocycles. The van der Waals surface area contributed by atoms with Gasteiger partial charge in [-0.2, -0.15) is 0 Å². The Labute approximate surface area is 90.3 Å². The van der Waals surface area contributed by atoms with Gasteiger partial charge >= 0.3 is 5.97 Å². The number of hydrogen-bond acceptors (Lipinski definition) is 1. The van der Waals surface area contributed by atoms with E-state index in [1.807, 2.05) is 0 Å². The highest BCUT2D eigenvalue weighted by Crippen LogP contribution is 2.15. The number of carboxylic acids is 1. The monoisotopic (exact) mass is 204 g/mol. The number of carboxylic acid groups (broad SMARTS) is 1. The van der Waals surface area contributed by atoms with Gasteiger partial charge < -0.3 is 5.11 Å². The zero-order valence-electron chi connectivity index (χ0n) is 9.37. The fraction of sp³-hybridized carbons (Fsp3) is 0.308. The lowest BCUT2D eigenvalue weighted by molar-refractivity contribution is -0.131. The van der Waals surface area contributed by atoms with Gasteiger partial charge in [0.2, 0.25) is 0 Å². The molecule has 0 heterocycles. The molecule has 0 saturated carbocycles. The van der Waals surface area contributed by atoms with E-state index >= 15 is 0 Å². The van der Waals surface area contributed by atoms with Crippen LogP contribution in [0.1, 0.15) is 22.3 Å². The Balaban J connectivity index is 2.86. The van der Waals surface area contributed by atoms with Crippen molar-refractivity contribution in [1.29, 1.82) is 0 Å². The van der Waals surface area contributed by atoms with E-state index in [9.17, 15) is 4.79 Å². The van der Waals surface area contributed by atoms with Gasteiger partial charge in [-0.05, 0) is 49.4 Å². The molecule has 1 aromatic carbocycles. The van der Waals surface area contributed by atoms with Crippen molar-refractivity contribution in [3.63, 3.8) is 0 Å². The molecule has 15 heavy (non-hydrogen) atoms. The molecule has 1 N–H and O–H groups in total. The zero-order chi connectivity index (χ0) is 11.4. The summed E-state index contributed by atoms with van der Waals surface area (Å²) in [5, 5.41) is 8.47. The highest BCUT2D eigenvalue weighted by molar-refractivity contribution is 5.79. The van der Waals surface area contributed by atoms with E-state index in [0.717, 1.165) is 0 Å². The summed E-state index contributed by atoms with van der Waals surface area (Å²) < 4.78 is 0. The van der Waals surface area contributed by atoms with Gasteiger partial charge in [-0.15, -0.1) is 0 Å². The molecule has 0 radical (unpaired) electrons. The minimum atomic E-state index is -0.892. The van der Waals surface area contributed by atoms with Crippen molar-refractivity contribution in [3.8, 4) is 0 Å². The molecule has 0 aliphatic carbocycles. The molecule has 80 valence electrons. The number of carbonyl (C=O) groups is 1. The molecule has 0 amide bonds. The second-order valence-electron chi connectivity index (χ2n) is 3.81. The topological polar surface area (TPSA) is 37.3 Å². The number of rotatable bonds is 3. The van der Waals surface area contributed by atoms with Gasteiger partial charge in [0.05, 0.1) is 0 Å². The van der Waals surface area contributed by atoms with Crippen LogP contribution in [0.5, 0.6) is 0 Å². The third-order valence-electron chi connectivity index (χ3n) is 2.55. The molecule has 0 aliphatic heterocycles. The average molecular weight is 204 g/mol. The average Bonchev–Trinajstić information content (AvgIpc) is 2.13. The van der Waals surface area contributed by atoms with Crippen LogP contribution in [0, 0.1) is 20.8 Å². The summed E-state index contributed by atoms with van der Waals surface area (Å²) in [7, 11) is 0. The van der Waals surface area contributed by atoms with Crippen LogP contribution in [0.15, 0.2) is 24.3 Å². The van der Waals surface area contributed by atoms with Gasteiger partial charge in [0, 0.05) is 6.08 Å². The lowest BCUT2D eigenvalue weighted by Crippen LogP contribution is -1.93. The number of allylic oxidation sites excluding steroid dienone is 1. The Kier molecular flexibility index (Phi) is 3.67. The SMILES string of the molecule is Cc1cc(C)c(C/C=C/C(=O)O)cc1C. The molecular formula is C13H16O2. The molecule has 0 fully saturated rings. The fourth-order valence-corrected chi connectivity index (χ4v) is 1.53. The minimum Gasteiger partial charge on any atom is -0.478 e. The van der Waals surface area contributed by atoms with E-state index in [-0.39, 0.29) is 0 Å². The van der Waals surface area contributed by atoms with Gasteiger partial charge in [0.15, 0.2) is 0 Å². The zero-order valence-corrected chi connectivity index (χ0v) is 9.37. The third kappa shape index (κ3) is 3.24. The summed E-state index contributed by atoms with van der Waals surface area (Å²) in [6, 6.07) is 4.26. The summed E-state index contributed by atoms with van der Waals surface area (Å²) in [5.74, 6) is -0.892. The van der Waals surface area contributed by atoms with Crippen LogP contribution < -0.4 is 0 Å². The maximum atomic E-state index is 10.3. The highest BCUT2D eigenvalue weighted by Gasteiger charge is 2.00.